The summed E-state index contributed by atoms with van der Waals surface area (Å²) in [6.45, 7) is 1.01. The van der Waals surface area contributed by atoms with Gasteiger partial charge in [-0.1, -0.05) is 12.1 Å². The van der Waals surface area contributed by atoms with Crippen molar-refractivity contribution < 1.29 is 28.9 Å². The third-order valence-corrected chi connectivity index (χ3v) is 5.89. The molecule has 1 aromatic heterocycles. The fraction of sp³-hybridized carbons (Fsp3) is 0.192. The summed E-state index contributed by atoms with van der Waals surface area (Å²) < 4.78 is 16.4. The fourth-order valence-corrected chi connectivity index (χ4v) is 4.21. The lowest BCUT2D eigenvalue weighted by Gasteiger charge is -2.25. The highest BCUT2D eigenvalue weighted by Gasteiger charge is 2.46. The molecule has 8 heteroatoms. The predicted molar refractivity (Wildman–Crippen MR) is 123 cm³/mol. The van der Waals surface area contributed by atoms with Crippen LogP contribution in [0.3, 0.4) is 0 Å². The lowest BCUT2D eigenvalue weighted by Crippen LogP contribution is -2.29. The van der Waals surface area contributed by atoms with E-state index in [0.29, 0.717) is 41.6 Å². The van der Waals surface area contributed by atoms with E-state index in [0.717, 1.165) is 5.56 Å². The van der Waals surface area contributed by atoms with E-state index < -0.39 is 17.7 Å². The number of hydrogen-bond acceptors (Lipinski definition) is 7. The zero-order chi connectivity index (χ0) is 23.7. The first kappa shape index (κ1) is 21.5. The van der Waals surface area contributed by atoms with Crippen LogP contribution < -0.4 is 14.2 Å². The van der Waals surface area contributed by atoms with E-state index in [9.17, 15) is 14.7 Å². The summed E-state index contributed by atoms with van der Waals surface area (Å²) in [7, 11) is 1.56. The second kappa shape index (κ2) is 8.90. The number of ketones is 1. The molecule has 1 atom stereocenters. The van der Waals surface area contributed by atoms with Crippen LogP contribution in [-0.2, 0) is 16.1 Å². The van der Waals surface area contributed by atoms with Crippen LogP contribution in [0, 0.1) is 0 Å². The number of likely N-dealkylation sites (tertiary alicyclic amines) is 1. The van der Waals surface area contributed by atoms with Crippen LogP contribution in [0.5, 0.6) is 17.2 Å². The van der Waals surface area contributed by atoms with Crippen LogP contribution in [0.1, 0.15) is 22.7 Å². The minimum Gasteiger partial charge on any atom is -0.507 e. The van der Waals surface area contributed by atoms with Gasteiger partial charge in [0.2, 0.25) is 0 Å². The molecule has 0 saturated carbocycles. The van der Waals surface area contributed by atoms with Gasteiger partial charge in [-0.2, -0.15) is 0 Å². The molecule has 1 N–H and O–H groups in total. The Morgan fingerprint density at radius 3 is 2.44 bits per heavy atom. The first-order valence-electron chi connectivity index (χ1n) is 10.8. The van der Waals surface area contributed by atoms with Crippen LogP contribution >= 0.6 is 0 Å². The Hall–Kier alpha value is -4.33. The molecular formula is C26H22N2O6. The van der Waals surface area contributed by atoms with Crippen LogP contribution in [0.25, 0.3) is 5.76 Å². The molecule has 0 spiro atoms. The number of pyridine rings is 1. The minimum absolute atomic E-state index is 0.0147. The maximum atomic E-state index is 13.2. The quantitative estimate of drug-likeness (QED) is 0.355. The maximum Gasteiger partial charge on any atom is 0.295 e. The Morgan fingerprint density at radius 2 is 1.74 bits per heavy atom. The van der Waals surface area contributed by atoms with Crippen molar-refractivity contribution in [3.63, 3.8) is 0 Å². The van der Waals surface area contributed by atoms with E-state index in [4.69, 9.17) is 14.2 Å². The standard InChI is InChI=1S/C26H22N2O6/c1-32-19-5-2-17(3-6-19)23-22(24(29)18-4-7-20-21(14-18)34-13-12-33-20)25(30)26(31)28(23)15-16-8-10-27-11-9-16/h2-11,14,23,29H,12-13,15H2,1H3/b24-22+/t23-/m0/s1. The maximum absolute atomic E-state index is 13.2. The Balaban J connectivity index is 1.62. The van der Waals surface area contributed by atoms with Crippen LogP contribution in [0.15, 0.2) is 72.6 Å². The molecule has 1 amide bonds. The third-order valence-electron chi connectivity index (χ3n) is 5.89. The molecule has 1 saturated heterocycles. The van der Waals surface area contributed by atoms with Gasteiger partial charge in [0.15, 0.2) is 11.5 Å². The van der Waals surface area contributed by atoms with Crippen LogP contribution in [-0.4, -0.2) is 47.0 Å². The fourth-order valence-electron chi connectivity index (χ4n) is 4.21. The van der Waals surface area contributed by atoms with Crippen molar-refractivity contribution in [2.45, 2.75) is 12.6 Å². The summed E-state index contributed by atoms with van der Waals surface area (Å²) in [5, 5.41) is 11.3. The highest BCUT2D eigenvalue weighted by molar-refractivity contribution is 6.46. The largest absolute Gasteiger partial charge is 0.507 e. The SMILES string of the molecule is COc1ccc([C@H]2/C(=C(\O)c3ccc4c(c3)OCCO4)C(=O)C(=O)N2Cc2ccncc2)cc1. The predicted octanol–water partition coefficient (Wildman–Crippen LogP) is 3.48. The Labute approximate surface area is 196 Å². The number of ether oxygens (including phenoxy) is 3. The molecule has 0 unspecified atom stereocenters. The third kappa shape index (κ3) is 3.83. The number of amides is 1. The summed E-state index contributed by atoms with van der Waals surface area (Å²) in [4.78, 5) is 31.8. The van der Waals surface area contributed by atoms with Gasteiger partial charge in [0.1, 0.15) is 24.7 Å². The number of aliphatic hydroxyl groups is 1. The number of benzene rings is 2. The van der Waals surface area contributed by atoms with Gasteiger partial charge in [-0.3, -0.25) is 14.6 Å². The molecule has 2 aromatic carbocycles. The van der Waals surface area contributed by atoms with Crippen molar-refractivity contribution >= 4 is 17.4 Å². The van der Waals surface area contributed by atoms with Crippen molar-refractivity contribution in [3.05, 3.63) is 89.3 Å². The smallest absolute Gasteiger partial charge is 0.295 e. The van der Waals surface area contributed by atoms with Crippen LogP contribution in [0.4, 0.5) is 0 Å². The molecule has 3 heterocycles. The normalized spacial score (nSPS) is 18.7. The van der Waals surface area contributed by atoms with E-state index >= 15 is 0 Å². The van der Waals surface area contributed by atoms with Crippen molar-refractivity contribution in [1.82, 2.24) is 9.88 Å². The van der Waals surface area contributed by atoms with Crippen molar-refractivity contribution in [1.29, 1.82) is 0 Å². The zero-order valence-corrected chi connectivity index (χ0v) is 18.4. The number of aliphatic hydroxyl groups excluding tert-OH is 1. The average molecular weight is 458 g/mol. The molecule has 8 nitrogen and oxygen atoms in total. The Kier molecular flexibility index (Phi) is 5.63. The van der Waals surface area contributed by atoms with Crippen molar-refractivity contribution in [2.24, 2.45) is 0 Å². The number of methoxy groups -OCH3 is 1. The molecule has 0 bridgehead atoms. The molecule has 5 rings (SSSR count). The number of nitrogens with zero attached hydrogens (tertiary/aromatic N) is 2. The molecule has 34 heavy (non-hydrogen) atoms. The van der Waals surface area contributed by atoms with Gasteiger partial charge in [-0.15, -0.1) is 0 Å². The first-order valence-corrected chi connectivity index (χ1v) is 10.8. The van der Waals surface area contributed by atoms with E-state index in [1.165, 1.54) is 4.90 Å². The van der Waals surface area contributed by atoms with Gasteiger partial charge in [-0.05, 0) is 53.6 Å². The molecule has 3 aromatic rings. The molecule has 172 valence electrons. The number of Topliss-reactive ketones (excluding diaryl/α,β-unsaturated/α-hetero) is 1. The lowest BCUT2D eigenvalue weighted by molar-refractivity contribution is -0.140. The van der Waals surface area contributed by atoms with Gasteiger partial charge in [0, 0.05) is 24.5 Å². The summed E-state index contributed by atoms with van der Waals surface area (Å²) in [5.74, 6) is -0.0241. The molecule has 0 aliphatic carbocycles. The van der Waals surface area contributed by atoms with E-state index in [1.54, 1.807) is 74.1 Å². The van der Waals surface area contributed by atoms with Gasteiger partial charge in [0.25, 0.3) is 11.7 Å². The van der Waals surface area contributed by atoms with E-state index in [2.05, 4.69) is 4.98 Å². The molecule has 2 aliphatic rings. The Morgan fingerprint density at radius 1 is 1.03 bits per heavy atom. The molecule has 1 fully saturated rings. The summed E-state index contributed by atoms with van der Waals surface area (Å²) >= 11 is 0. The first-order chi connectivity index (χ1) is 16.6. The molecular weight excluding hydrogens is 436 g/mol. The molecule has 2 aliphatic heterocycles. The summed E-state index contributed by atoms with van der Waals surface area (Å²) in [5.41, 5.74) is 1.87. The highest BCUT2D eigenvalue weighted by atomic mass is 16.6. The van der Waals surface area contributed by atoms with Crippen molar-refractivity contribution in [3.8, 4) is 17.2 Å². The lowest BCUT2D eigenvalue weighted by atomic mass is 9.95. The highest BCUT2D eigenvalue weighted by Crippen LogP contribution is 2.42. The van der Waals surface area contributed by atoms with Crippen molar-refractivity contribution in [2.75, 3.05) is 20.3 Å². The second-order valence-corrected chi connectivity index (χ2v) is 7.91. The van der Waals surface area contributed by atoms with E-state index in [1.807, 2.05) is 0 Å². The monoisotopic (exact) mass is 458 g/mol. The topological polar surface area (TPSA) is 98.2 Å². The molecule has 0 radical (unpaired) electrons. The van der Waals surface area contributed by atoms with Gasteiger partial charge >= 0.3 is 0 Å². The number of hydrogen-bond donors (Lipinski definition) is 1. The van der Waals surface area contributed by atoms with Gasteiger partial charge in [-0.25, -0.2) is 0 Å². The van der Waals surface area contributed by atoms with Crippen LogP contribution in [0.2, 0.25) is 0 Å². The zero-order valence-electron chi connectivity index (χ0n) is 18.4. The van der Waals surface area contributed by atoms with E-state index in [-0.39, 0.29) is 17.9 Å². The number of fused-ring (bicyclic) bond motifs is 1. The summed E-state index contributed by atoms with van der Waals surface area (Å²) in [6, 6.07) is 14.8. The Bertz CT molecular complexity index is 1270. The van der Waals surface area contributed by atoms with Gasteiger partial charge in [0.05, 0.1) is 18.7 Å². The second-order valence-electron chi connectivity index (χ2n) is 7.91. The minimum atomic E-state index is -0.785. The number of aromatic nitrogens is 1. The number of carbonyl (C=O) groups excluding carboxylic acids is 2. The van der Waals surface area contributed by atoms with Gasteiger partial charge < -0.3 is 24.2 Å². The number of carbonyl (C=O) groups is 2. The summed E-state index contributed by atoms with van der Waals surface area (Å²) in [6.07, 6.45) is 3.26. The number of rotatable bonds is 5. The average Bonchev–Trinajstić information content (AvgIpc) is 3.13.